The van der Waals surface area contributed by atoms with Gasteiger partial charge in [-0.15, -0.1) is 0 Å². The van der Waals surface area contributed by atoms with Crippen LogP contribution in [0, 0.1) is 0 Å². The zero-order valence-electron chi connectivity index (χ0n) is 16.0. The van der Waals surface area contributed by atoms with Gasteiger partial charge in [-0.25, -0.2) is 4.79 Å². The standard InChI is InChI=1S/C21H22Cl2N2O3/c1-21(2,3)28-20(26)25-11-15(12-25)8-14-6-7-24-17(9-14)13-27-19-5-4-16(22)10-18(19)23/h4-10H,11-13H2,1-3H3. The third-order valence-corrected chi connectivity index (χ3v) is 4.45. The van der Waals surface area contributed by atoms with E-state index in [1.54, 1.807) is 29.3 Å². The highest BCUT2D eigenvalue weighted by atomic mass is 35.5. The molecule has 0 aliphatic carbocycles. The molecule has 1 amide bonds. The highest BCUT2D eigenvalue weighted by Gasteiger charge is 2.29. The van der Waals surface area contributed by atoms with Crippen molar-refractivity contribution in [2.24, 2.45) is 0 Å². The maximum Gasteiger partial charge on any atom is 0.410 e. The van der Waals surface area contributed by atoms with E-state index in [2.05, 4.69) is 11.1 Å². The molecule has 2 aromatic rings. The second kappa shape index (κ2) is 8.41. The van der Waals surface area contributed by atoms with Crippen LogP contribution in [0.3, 0.4) is 0 Å². The van der Waals surface area contributed by atoms with Crippen LogP contribution in [0.5, 0.6) is 5.75 Å². The van der Waals surface area contributed by atoms with Crippen LogP contribution < -0.4 is 4.74 Å². The fourth-order valence-corrected chi connectivity index (χ4v) is 3.10. The Labute approximate surface area is 174 Å². The number of carbonyl (C=O) groups excluding carboxylic acids is 1. The minimum atomic E-state index is -0.483. The van der Waals surface area contributed by atoms with Crippen LogP contribution in [0.15, 0.2) is 42.1 Å². The van der Waals surface area contributed by atoms with Gasteiger partial charge in [0, 0.05) is 24.3 Å². The van der Waals surface area contributed by atoms with E-state index in [1.807, 2.05) is 32.9 Å². The second-order valence-corrected chi connectivity index (χ2v) is 8.43. The van der Waals surface area contributed by atoms with Gasteiger partial charge < -0.3 is 14.4 Å². The lowest BCUT2D eigenvalue weighted by Gasteiger charge is -2.35. The van der Waals surface area contributed by atoms with Gasteiger partial charge in [-0.1, -0.05) is 29.3 Å². The fourth-order valence-electron chi connectivity index (χ4n) is 2.64. The summed E-state index contributed by atoms with van der Waals surface area (Å²) in [5, 5.41) is 1.02. The van der Waals surface area contributed by atoms with Crippen LogP contribution in [0.2, 0.25) is 10.0 Å². The van der Waals surface area contributed by atoms with Gasteiger partial charge in [-0.05, 0) is 62.2 Å². The fraction of sp³-hybridized carbons (Fsp3) is 0.333. The topological polar surface area (TPSA) is 51.7 Å². The Balaban J connectivity index is 1.57. The summed E-state index contributed by atoms with van der Waals surface area (Å²) in [6, 6.07) is 8.97. The lowest BCUT2D eigenvalue weighted by molar-refractivity contribution is 0.0216. The SMILES string of the molecule is CC(C)(C)OC(=O)N1CC(=Cc2ccnc(COc3ccc(Cl)cc3Cl)c2)C1. The van der Waals surface area contributed by atoms with E-state index in [0.29, 0.717) is 35.5 Å². The number of carbonyl (C=O) groups is 1. The molecule has 1 aliphatic rings. The van der Waals surface area contributed by atoms with Crippen molar-refractivity contribution in [1.29, 1.82) is 0 Å². The highest BCUT2D eigenvalue weighted by molar-refractivity contribution is 6.35. The van der Waals surface area contributed by atoms with E-state index in [1.165, 1.54) is 0 Å². The Hall–Kier alpha value is -2.24. The molecule has 0 N–H and O–H groups in total. The van der Waals surface area contributed by atoms with Gasteiger partial charge in [-0.3, -0.25) is 4.98 Å². The predicted molar refractivity (Wildman–Crippen MR) is 111 cm³/mol. The molecule has 3 rings (SSSR count). The van der Waals surface area contributed by atoms with E-state index < -0.39 is 5.60 Å². The minimum absolute atomic E-state index is 0.284. The van der Waals surface area contributed by atoms with E-state index >= 15 is 0 Å². The van der Waals surface area contributed by atoms with E-state index in [4.69, 9.17) is 32.7 Å². The van der Waals surface area contributed by atoms with Gasteiger partial charge >= 0.3 is 6.09 Å². The number of amides is 1. The number of hydrogen-bond acceptors (Lipinski definition) is 4. The van der Waals surface area contributed by atoms with Crippen LogP contribution in [-0.2, 0) is 11.3 Å². The lowest BCUT2D eigenvalue weighted by Crippen LogP contribution is -2.46. The van der Waals surface area contributed by atoms with E-state index in [0.717, 1.165) is 16.8 Å². The molecule has 0 unspecified atom stereocenters. The number of aromatic nitrogens is 1. The Morgan fingerprint density at radius 1 is 1.21 bits per heavy atom. The van der Waals surface area contributed by atoms with Crippen molar-refractivity contribution in [2.45, 2.75) is 33.0 Å². The van der Waals surface area contributed by atoms with E-state index in [9.17, 15) is 4.79 Å². The minimum Gasteiger partial charge on any atom is -0.486 e. The summed E-state index contributed by atoms with van der Waals surface area (Å²) in [6.45, 7) is 7.02. The molecular weight excluding hydrogens is 399 g/mol. The molecule has 148 valence electrons. The Morgan fingerprint density at radius 3 is 2.64 bits per heavy atom. The maximum absolute atomic E-state index is 12.0. The Kier molecular flexibility index (Phi) is 6.16. The quantitative estimate of drug-likeness (QED) is 0.645. The summed E-state index contributed by atoms with van der Waals surface area (Å²) in [5.74, 6) is 0.559. The van der Waals surface area contributed by atoms with Gasteiger partial charge in [0.05, 0.1) is 10.7 Å². The number of nitrogens with zero attached hydrogens (tertiary/aromatic N) is 2. The Morgan fingerprint density at radius 2 is 1.96 bits per heavy atom. The molecule has 1 aromatic carbocycles. The van der Waals surface area contributed by atoms with Crippen molar-refractivity contribution in [1.82, 2.24) is 9.88 Å². The van der Waals surface area contributed by atoms with Crippen molar-refractivity contribution in [2.75, 3.05) is 13.1 Å². The molecule has 1 saturated heterocycles. The lowest BCUT2D eigenvalue weighted by atomic mass is 10.0. The molecule has 5 nitrogen and oxygen atoms in total. The smallest absolute Gasteiger partial charge is 0.410 e. The number of rotatable bonds is 4. The van der Waals surface area contributed by atoms with Gasteiger partial charge in [0.1, 0.15) is 18.0 Å². The number of benzene rings is 1. The monoisotopic (exact) mass is 420 g/mol. The average Bonchev–Trinajstić information content (AvgIpc) is 2.55. The first kappa shape index (κ1) is 20.5. The van der Waals surface area contributed by atoms with Gasteiger partial charge in [-0.2, -0.15) is 0 Å². The predicted octanol–water partition coefficient (Wildman–Crippen LogP) is 5.60. The summed E-state index contributed by atoms with van der Waals surface area (Å²) in [5.41, 5.74) is 2.46. The summed E-state index contributed by atoms with van der Waals surface area (Å²) in [7, 11) is 0. The van der Waals surface area contributed by atoms with Crippen molar-refractivity contribution >= 4 is 35.4 Å². The number of ether oxygens (including phenoxy) is 2. The molecule has 1 aromatic heterocycles. The van der Waals surface area contributed by atoms with Crippen LogP contribution in [0.25, 0.3) is 6.08 Å². The van der Waals surface area contributed by atoms with Crippen molar-refractivity contribution < 1.29 is 14.3 Å². The summed E-state index contributed by atoms with van der Waals surface area (Å²) in [6.07, 6.45) is 3.51. The largest absolute Gasteiger partial charge is 0.486 e. The normalized spacial score (nSPS) is 13.8. The zero-order valence-corrected chi connectivity index (χ0v) is 17.5. The van der Waals surface area contributed by atoms with Crippen molar-refractivity contribution in [3.05, 3.63) is 63.4 Å². The number of hydrogen-bond donors (Lipinski definition) is 0. The first-order valence-corrected chi connectivity index (χ1v) is 9.65. The molecule has 0 spiro atoms. The third kappa shape index (κ3) is 5.63. The molecule has 1 fully saturated rings. The van der Waals surface area contributed by atoms with Crippen molar-refractivity contribution in [3.8, 4) is 5.75 Å². The van der Waals surface area contributed by atoms with Crippen LogP contribution >= 0.6 is 23.2 Å². The van der Waals surface area contributed by atoms with Gasteiger partial charge in [0.2, 0.25) is 0 Å². The Bertz CT molecular complexity index is 899. The van der Waals surface area contributed by atoms with Crippen molar-refractivity contribution in [3.63, 3.8) is 0 Å². The number of halogens is 2. The highest BCUT2D eigenvalue weighted by Crippen LogP contribution is 2.28. The first-order chi connectivity index (χ1) is 13.2. The molecule has 0 saturated carbocycles. The zero-order chi connectivity index (χ0) is 20.3. The second-order valence-electron chi connectivity index (χ2n) is 7.58. The molecule has 0 radical (unpaired) electrons. The van der Waals surface area contributed by atoms with Crippen LogP contribution in [0.1, 0.15) is 32.0 Å². The summed E-state index contributed by atoms with van der Waals surface area (Å²) < 4.78 is 11.1. The molecule has 28 heavy (non-hydrogen) atoms. The number of pyridine rings is 1. The summed E-state index contributed by atoms with van der Waals surface area (Å²) in [4.78, 5) is 18.0. The number of likely N-dealkylation sites (tertiary alicyclic amines) is 1. The molecule has 1 aliphatic heterocycles. The van der Waals surface area contributed by atoms with Crippen LogP contribution in [-0.4, -0.2) is 34.7 Å². The average molecular weight is 421 g/mol. The van der Waals surface area contributed by atoms with Gasteiger partial charge in [0.25, 0.3) is 0 Å². The summed E-state index contributed by atoms with van der Waals surface area (Å²) >= 11 is 12.0. The molecule has 7 heteroatoms. The molecule has 2 heterocycles. The van der Waals surface area contributed by atoms with Gasteiger partial charge in [0.15, 0.2) is 0 Å². The first-order valence-electron chi connectivity index (χ1n) is 8.90. The van der Waals surface area contributed by atoms with E-state index in [-0.39, 0.29) is 6.09 Å². The molecule has 0 atom stereocenters. The van der Waals surface area contributed by atoms with Crippen LogP contribution in [0.4, 0.5) is 4.79 Å². The third-order valence-electron chi connectivity index (χ3n) is 3.92. The molecule has 0 bridgehead atoms. The molecular formula is C21H22Cl2N2O3. The maximum atomic E-state index is 12.0.